The van der Waals surface area contributed by atoms with Crippen LogP contribution in [0.2, 0.25) is 0 Å². The summed E-state index contributed by atoms with van der Waals surface area (Å²) in [5.74, 6) is -1.63. The number of esters is 1. The van der Waals surface area contributed by atoms with E-state index in [-0.39, 0.29) is 24.4 Å². The summed E-state index contributed by atoms with van der Waals surface area (Å²) in [7, 11) is 0. The molecular formula is C19H18FNO5. The van der Waals surface area contributed by atoms with Crippen molar-refractivity contribution in [2.45, 2.75) is 26.0 Å². The second-order valence-corrected chi connectivity index (χ2v) is 6.20. The minimum Gasteiger partial charge on any atom is -0.467 e. The van der Waals surface area contributed by atoms with Gasteiger partial charge in [-0.15, -0.1) is 0 Å². The molecule has 7 heteroatoms. The van der Waals surface area contributed by atoms with E-state index in [1.807, 2.05) is 0 Å². The van der Waals surface area contributed by atoms with Gasteiger partial charge >= 0.3 is 5.97 Å². The van der Waals surface area contributed by atoms with Crippen LogP contribution in [0.1, 0.15) is 29.5 Å². The molecule has 1 aliphatic heterocycles. The van der Waals surface area contributed by atoms with E-state index in [1.165, 1.54) is 42.4 Å². The van der Waals surface area contributed by atoms with Gasteiger partial charge in [0.05, 0.1) is 18.7 Å². The van der Waals surface area contributed by atoms with Gasteiger partial charge in [0, 0.05) is 18.5 Å². The first kappa shape index (κ1) is 17.8. The van der Waals surface area contributed by atoms with E-state index in [4.69, 9.17) is 9.15 Å². The first-order valence-electron chi connectivity index (χ1n) is 8.24. The molecule has 3 rings (SSSR count). The van der Waals surface area contributed by atoms with Crippen LogP contribution in [0.5, 0.6) is 0 Å². The van der Waals surface area contributed by atoms with Crippen molar-refractivity contribution in [2.75, 3.05) is 6.54 Å². The molecule has 1 amide bonds. The number of nitrogens with zero attached hydrogens (tertiary/aromatic N) is 1. The van der Waals surface area contributed by atoms with Crippen molar-refractivity contribution in [3.05, 3.63) is 59.8 Å². The first-order valence-corrected chi connectivity index (χ1v) is 8.24. The average molecular weight is 359 g/mol. The quantitative estimate of drug-likeness (QED) is 0.585. The summed E-state index contributed by atoms with van der Waals surface area (Å²) < 4.78 is 23.4. The molecule has 1 aliphatic rings. The highest BCUT2D eigenvalue weighted by molar-refractivity contribution is 6.00. The van der Waals surface area contributed by atoms with Gasteiger partial charge in [0.2, 0.25) is 11.7 Å². The van der Waals surface area contributed by atoms with Gasteiger partial charge in [-0.1, -0.05) is 0 Å². The van der Waals surface area contributed by atoms with E-state index in [2.05, 4.69) is 0 Å². The Morgan fingerprint density at radius 1 is 1.31 bits per heavy atom. The van der Waals surface area contributed by atoms with E-state index >= 15 is 0 Å². The van der Waals surface area contributed by atoms with Crippen molar-refractivity contribution in [3.8, 4) is 0 Å². The molecule has 136 valence electrons. The Hall–Kier alpha value is -2.96. The molecule has 0 aliphatic carbocycles. The smallest absolute Gasteiger partial charge is 0.311 e. The van der Waals surface area contributed by atoms with Crippen molar-refractivity contribution in [1.82, 2.24) is 4.90 Å². The monoisotopic (exact) mass is 359 g/mol. The molecule has 0 bridgehead atoms. The highest BCUT2D eigenvalue weighted by Gasteiger charge is 2.37. The van der Waals surface area contributed by atoms with Crippen LogP contribution in [0.25, 0.3) is 0 Å². The number of halogens is 1. The molecule has 2 aromatic rings. The van der Waals surface area contributed by atoms with E-state index in [1.54, 1.807) is 12.1 Å². The molecule has 1 aromatic heterocycles. The lowest BCUT2D eigenvalue weighted by Gasteiger charge is -2.17. The number of carbonyl (C=O) groups excluding carboxylic acids is 3. The minimum absolute atomic E-state index is 0.0387. The molecule has 0 unspecified atom stereocenters. The van der Waals surface area contributed by atoms with Gasteiger partial charge < -0.3 is 14.1 Å². The normalized spacial score (nSPS) is 18.0. The molecular weight excluding hydrogens is 341 g/mol. The molecule has 2 atom stereocenters. The maximum atomic E-state index is 12.9. The number of carbonyl (C=O) groups is 3. The van der Waals surface area contributed by atoms with E-state index in [9.17, 15) is 18.8 Å². The largest absolute Gasteiger partial charge is 0.467 e. The summed E-state index contributed by atoms with van der Waals surface area (Å²) in [6, 6.07) is 8.50. The third kappa shape index (κ3) is 3.99. The lowest BCUT2D eigenvalue weighted by molar-refractivity contribution is -0.151. The maximum absolute atomic E-state index is 12.9. The molecule has 2 heterocycles. The van der Waals surface area contributed by atoms with Gasteiger partial charge in [-0.05, 0) is 43.3 Å². The Bertz CT molecular complexity index is 800. The molecule has 0 N–H and O–H groups in total. The van der Waals surface area contributed by atoms with Crippen LogP contribution < -0.4 is 0 Å². The fraction of sp³-hybridized carbons (Fsp3) is 0.316. The third-order valence-electron chi connectivity index (χ3n) is 4.27. The topological polar surface area (TPSA) is 76.8 Å². The lowest BCUT2D eigenvalue weighted by atomic mass is 10.1. The number of hydrogen-bond acceptors (Lipinski definition) is 5. The van der Waals surface area contributed by atoms with Crippen LogP contribution in [0, 0.1) is 11.7 Å². The molecule has 6 nitrogen and oxygen atoms in total. The van der Waals surface area contributed by atoms with Crippen LogP contribution in [0.15, 0.2) is 47.1 Å². The van der Waals surface area contributed by atoms with Crippen molar-refractivity contribution in [2.24, 2.45) is 5.92 Å². The van der Waals surface area contributed by atoms with Crippen molar-refractivity contribution < 1.29 is 27.9 Å². The number of benzene rings is 1. The number of ether oxygens (including phenoxy) is 1. The fourth-order valence-corrected chi connectivity index (χ4v) is 2.85. The van der Waals surface area contributed by atoms with Gasteiger partial charge in [0.1, 0.15) is 11.6 Å². The number of Topliss-reactive ketones (excluding diaryl/α,β-unsaturated/α-hetero) is 1. The summed E-state index contributed by atoms with van der Waals surface area (Å²) >= 11 is 0. The molecule has 1 saturated heterocycles. The molecule has 0 saturated carbocycles. The SMILES string of the molecule is C[C@H](OC(=O)[C@H]1CC(=O)N(Cc2ccco2)C1)C(=O)c1ccc(F)cc1. The zero-order valence-electron chi connectivity index (χ0n) is 14.2. The van der Waals surface area contributed by atoms with E-state index in [0.717, 1.165) is 0 Å². The summed E-state index contributed by atoms with van der Waals surface area (Å²) in [6.07, 6.45) is 0.545. The number of rotatable bonds is 6. The predicted octanol–water partition coefficient (Wildman–Crippen LogP) is 2.58. The Kier molecular flexibility index (Phi) is 5.16. The first-order chi connectivity index (χ1) is 12.4. The van der Waals surface area contributed by atoms with E-state index in [0.29, 0.717) is 12.3 Å². The Morgan fingerprint density at radius 3 is 2.69 bits per heavy atom. The summed E-state index contributed by atoms with van der Waals surface area (Å²) in [4.78, 5) is 38.1. The van der Waals surface area contributed by atoms with Crippen molar-refractivity contribution in [3.63, 3.8) is 0 Å². The fourth-order valence-electron chi connectivity index (χ4n) is 2.85. The number of hydrogen-bond donors (Lipinski definition) is 0. The van der Waals surface area contributed by atoms with Crippen LogP contribution in [-0.2, 0) is 20.9 Å². The second kappa shape index (κ2) is 7.51. The zero-order valence-corrected chi connectivity index (χ0v) is 14.2. The number of amides is 1. The Labute approximate surface area is 149 Å². The maximum Gasteiger partial charge on any atom is 0.311 e. The predicted molar refractivity (Wildman–Crippen MR) is 88.5 cm³/mol. The van der Waals surface area contributed by atoms with E-state index < -0.39 is 29.6 Å². The van der Waals surface area contributed by atoms with Crippen LogP contribution in [0.3, 0.4) is 0 Å². The highest BCUT2D eigenvalue weighted by atomic mass is 19.1. The third-order valence-corrected chi connectivity index (χ3v) is 4.27. The van der Waals surface area contributed by atoms with Crippen LogP contribution >= 0.6 is 0 Å². The average Bonchev–Trinajstić information content (AvgIpc) is 3.25. The van der Waals surface area contributed by atoms with Gasteiger partial charge in [0.15, 0.2) is 6.10 Å². The minimum atomic E-state index is -1.01. The molecule has 1 fully saturated rings. The summed E-state index contributed by atoms with van der Waals surface area (Å²) in [5, 5.41) is 0. The Morgan fingerprint density at radius 2 is 2.04 bits per heavy atom. The summed E-state index contributed by atoms with van der Waals surface area (Å²) in [5.41, 5.74) is 0.258. The number of furan rings is 1. The molecule has 0 radical (unpaired) electrons. The summed E-state index contributed by atoms with van der Waals surface area (Å²) in [6.45, 7) is 1.97. The van der Waals surface area contributed by atoms with Crippen LogP contribution in [0.4, 0.5) is 4.39 Å². The van der Waals surface area contributed by atoms with Crippen LogP contribution in [-0.4, -0.2) is 35.2 Å². The van der Waals surface area contributed by atoms with Crippen molar-refractivity contribution >= 4 is 17.7 Å². The molecule has 0 spiro atoms. The van der Waals surface area contributed by atoms with Gasteiger partial charge in [-0.2, -0.15) is 0 Å². The number of likely N-dealkylation sites (tertiary alicyclic amines) is 1. The van der Waals surface area contributed by atoms with Gasteiger partial charge in [-0.25, -0.2) is 4.39 Å². The molecule has 1 aromatic carbocycles. The van der Waals surface area contributed by atoms with Gasteiger partial charge in [0.25, 0.3) is 0 Å². The van der Waals surface area contributed by atoms with Gasteiger partial charge in [-0.3, -0.25) is 14.4 Å². The lowest BCUT2D eigenvalue weighted by Crippen LogP contribution is -2.30. The highest BCUT2D eigenvalue weighted by Crippen LogP contribution is 2.22. The standard InChI is InChI=1S/C19H18FNO5/c1-12(18(23)13-4-6-15(20)7-5-13)26-19(24)14-9-17(22)21(10-14)11-16-3-2-8-25-16/h2-8,12,14H,9-11H2,1H3/t12-,14-/m0/s1. The number of ketones is 1. The Balaban J connectivity index is 1.56. The zero-order chi connectivity index (χ0) is 18.7. The second-order valence-electron chi connectivity index (χ2n) is 6.20. The molecule has 26 heavy (non-hydrogen) atoms. The van der Waals surface area contributed by atoms with Crippen molar-refractivity contribution in [1.29, 1.82) is 0 Å².